The van der Waals surface area contributed by atoms with Gasteiger partial charge in [-0.05, 0) is 30.2 Å². The van der Waals surface area contributed by atoms with E-state index in [0.29, 0.717) is 23.9 Å². The summed E-state index contributed by atoms with van der Waals surface area (Å²) in [7, 11) is 0. The Morgan fingerprint density at radius 3 is 2.53 bits per heavy atom. The maximum atomic E-state index is 11.7. The van der Waals surface area contributed by atoms with E-state index in [2.05, 4.69) is 0 Å². The van der Waals surface area contributed by atoms with E-state index in [1.165, 1.54) is 0 Å². The number of rotatable bonds is 2. The molecule has 1 unspecified atom stereocenters. The van der Waals surface area contributed by atoms with Gasteiger partial charge in [-0.25, -0.2) is 0 Å². The Bertz CT molecular complexity index is 363. The maximum absolute atomic E-state index is 11.7. The predicted molar refractivity (Wildman–Crippen MR) is 62.6 cm³/mol. The number of carbonyl (C=O) groups is 1. The molecule has 1 saturated heterocycles. The highest BCUT2D eigenvalue weighted by molar-refractivity contribution is 6.30. The molecule has 0 saturated carbocycles. The Morgan fingerprint density at radius 1 is 1.33 bits per heavy atom. The van der Waals surface area contributed by atoms with E-state index in [-0.39, 0.29) is 11.8 Å². The molecule has 1 aromatic rings. The van der Waals surface area contributed by atoms with Crippen LogP contribution in [0.2, 0.25) is 5.02 Å². The van der Waals surface area contributed by atoms with E-state index in [1.54, 1.807) is 17.0 Å². The average molecular weight is 244 g/mol. The van der Waals surface area contributed by atoms with Crippen molar-refractivity contribution in [3.05, 3.63) is 29.3 Å². The summed E-state index contributed by atoms with van der Waals surface area (Å²) in [5.74, 6) is 0.952. The van der Waals surface area contributed by atoms with Crippen molar-refractivity contribution in [2.45, 2.75) is 6.42 Å². The third-order valence-electron chi connectivity index (χ3n) is 2.56. The largest absolute Gasteiger partial charge is 0.312 e. The predicted octanol–water partition coefficient (Wildman–Crippen LogP) is 2.93. The molecule has 1 aliphatic rings. The molecule has 1 aromatic carbocycles. The molecule has 1 aliphatic heterocycles. The van der Waals surface area contributed by atoms with Gasteiger partial charge in [0.05, 0.1) is 0 Å². The fourth-order valence-corrected chi connectivity index (χ4v) is 2.09. The lowest BCUT2D eigenvalue weighted by atomic mass is 10.1. The van der Waals surface area contributed by atoms with Crippen molar-refractivity contribution in [3.63, 3.8) is 0 Å². The van der Waals surface area contributed by atoms with Crippen LogP contribution in [-0.4, -0.2) is 18.3 Å². The minimum absolute atomic E-state index is 0.142. The highest BCUT2D eigenvalue weighted by atomic mass is 35.5. The lowest BCUT2D eigenvalue weighted by molar-refractivity contribution is -0.117. The summed E-state index contributed by atoms with van der Waals surface area (Å²) in [5.41, 5.74) is 0.900. The first-order valence-corrected chi connectivity index (χ1v) is 5.74. The SMILES string of the molecule is O=C1CC(CCl)CN1c1ccc(Cl)cc1. The quantitative estimate of drug-likeness (QED) is 0.732. The topological polar surface area (TPSA) is 20.3 Å². The molecule has 1 heterocycles. The first-order chi connectivity index (χ1) is 7.20. The van der Waals surface area contributed by atoms with Crippen LogP contribution in [0.4, 0.5) is 5.69 Å². The maximum Gasteiger partial charge on any atom is 0.227 e. The van der Waals surface area contributed by atoms with E-state index in [4.69, 9.17) is 23.2 Å². The van der Waals surface area contributed by atoms with Gasteiger partial charge >= 0.3 is 0 Å². The van der Waals surface area contributed by atoms with Crippen molar-refractivity contribution in [1.82, 2.24) is 0 Å². The van der Waals surface area contributed by atoms with Crippen LogP contribution >= 0.6 is 23.2 Å². The number of hydrogen-bond donors (Lipinski definition) is 0. The van der Waals surface area contributed by atoms with Gasteiger partial charge in [0, 0.05) is 29.6 Å². The standard InChI is InChI=1S/C11H11Cl2NO/c12-6-8-5-11(15)14(7-8)10-3-1-9(13)2-4-10/h1-4,8H,5-7H2. The average Bonchev–Trinajstić information content (AvgIpc) is 2.61. The van der Waals surface area contributed by atoms with Crippen LogP contribution in [-0.2, 0) is 4.79 Å². The molecule has 0 bridgehead atoms. The zero-order chi connectivity index (χ0) is 10.8. The summed E-state index contributed by atoms with van der Waals surface area (Å²) in [4.78, 5) is 13.4. The highest BCUT2D eigenvalue weighted by Gasteiger charge is 2.29. The molecule has 0 radical (unpaired) electrons. The molecule has 1 fully saturated rings. The van der Waals surface area contributed by atoms with Gasteiger partial charge in [0.1, 0.15) is 0 Å². The molecule has 0 spiro atoms. The minimum atomic E-state index is 0.142. The molecule has 1 amide bonds. The summed E-state index contributed by atoms with van der Waals surface area (Å²) in [6.45, 7) is 0.712. The van der Waals surface area contributed by atoms with Gasteiger partial charge in [0.25, 0.3) is 0 Å². The van der Waals surface area contributed by atoms with E-state index >= 15 is 0 Å². The normalized spacial score (nSPS) is 21.1. The Balaban J connectivity index is 2.18. The van der Waals surface area contributed by atoms with Crippen LogP contribution in [0.25, 0.3) is 0 Å². The molecule has 0 aromatic heterocycles. The number of hydrogen-bond acceptors (Lipinski definition) is 1. The third kappa shape index (κ3) is 2.27. The van der Waals surface area contributed by atoms with Gasteiger partial charge in [0.2, 0.25) is 5.91 Å². The van der Waals surface area contributed by atoms with Crippen molar-refractivity contribution < 1.29 is 4.79 Å². The van der Waals surface area contributed by atoms with Crippen LogP contribution < -0.4 is 4.90 Å². The summed E-state index contributed by atoms with van der Waals surface area (Å²) in [6, 6.07) is 7.30. The molecular weight excluding hydrogens is 233 g/mol. The van der Waals surface area contributed by atoms with Crippen molar-refractivity contribution in [2.75, 3.05) is 17.3 Å². The van der Waals surface area contributed by atoms with Crippen LogP contribution in [0, 0.1) is 5.92 Å². The van der Waals surface area contributed by atoms with Crippen LogP contribution in [0.1, 0.15) is 6.42 Å². The van der Waals surface area contributed by atoms with E-state index < -0.39 is 0 Å². The molecule has 1 atom stereocenters. The number of amides is 1. The highest BCUT2D eigenvalue weighted by Crippen LogP contribution is 2.26. The zero-order valence-corrected chi connectivity index (χ0v) is 9.63. The molecule has 0 aliphatic carbocycles. The fraction of sp³-hybridized carbons (Fsp3) is 0.364. The van der Waals surface area contributed by atoms with Crippen molar-refractivity contribution in [3.8, 4) is 0 Å². The summed E-state index contributed by atoms with van der Waals surface area (Å²) in [6.07, 6.45) is 0.548. The number of carbonyl (C=O) groups excluding carboxylic acids is 1. The first kappa shape index (κ1) is 10.8. The monoisotopic (exact) mass is 243 g/mol. The lowest BCUT2D eigenvalue weighted by Crippen LogP contribution is -2.24. The molecule has 0 N–H and O–H groups in total. The number of anilines is 1. The molecule has 2 nitrogen and oxygen atoms in total. The van der Waals surface area contributed by atoms with Crippen LogP contribution in [0.3, 0.4) is 0 Å². The molecule has 4 heteroatoms. The Morgan fingerprint density at radius 2 is 2.00 bits per heavy atom. The second-order valence-corrected chi connectivity index (χ2v) is 4.45. The Labute approximate surface area is 98.8 Å². The van der Waals surface area contributed by atoms with Gasteiger partial charge in [-0.2, -0.15) is 0 Å². The van der Waals surface area contributed by atoms with Crippen LogP contribution in [0.5, 0.6) is 0 Å². The summed E-state index contributed by atoms with van der Waals surface area (Å²) < 4.78 is 0. The number of halogens is 2. The number of alkyl halides is 1. The third-order valence-corrected chi connectivity index (χ3v) is 3.25. The van der Waals surface area contributed by atoms with Crippen molar-refractivity contribution in [1.29, 1.82) is 0 Å². The fourth-order valence-electron chi connectivity index (χ4n) is 1.76. The Kier molecular flexibility index (Phi) is 3.17. The van der Waals surface area contributed by atoms with Gasteiger partial charge < -0.3 is 4.90 Å². The van der Waals surface area contributed by atoms with E-state index in [0.717, 1.165) is 5.69 Å². The van der Waals surface area contributed by atoms with Gasteiger partial charge in [-0.3, -0.25) is 4.79 Å². The van der Waals surface area contributed by atoms with Crippen molar-refractivity contribution in [2.24, 2.45) is 5.92 Å². The number of benzene rings is 1. The van der Waals surface area contributed by atoms with Gasteiger partial charge in [0.15, 0.2) is 0 Å². The molecule has 80 valence electrons. The van der Waals surface area contributed by atoms with E-state index in [9.17, 15) is 4.79 Å². The molecule has 15 heavy (non-hydrogen) atoms. The molecule has 2 rings (SSSR count). The zero-order valence-electron chi connectivity index (χ0n) is 8.12. The molecular formula is C11H11Cl2NO. The first-order valence-electron chi connectivity index (χ1n) is 4.82. The van der Waals surface area contributed by atoms with Crippen molar-refractivity contribution >= 4 is 34.8 Å². The minimum Gasteiger partial charge on any atom is -0.312 e. The van der Waals surface area contributed by atoms with Gasteiger partial charge in [-0.1, -0.05) is 11.6 Å². The summed E-state index contributed by atoms with van der Waals surface area (Å²) in [5, 5.41) is 0.680. The van der Waals surface area contributed by atoms with E-state index in [1.807, 2.05) is 12.1 Å². The Hall–Kier alpha value is -0.730. The summed E-state index contributed by atoms with van der Waals surface area (Å²) >= 11 is 11.5. The lowest BCUT2D eigenvalue weighted by Gasteiger charge is -2.16. The number of nitrogens with zero attached hydrogens (tertiary/aromatic N) is 1. The van der Waals surface area contributed by atoms with Gasteiger partial charge in [-0.15, -0.1) is 11.6 Å². The van der Waals surface area contributed by atoms with Crippen LogP contribution in [0.15, 0.2) is 24.3 Å². The smallest absolute Gasteiger partial charge is 0.227 e. The second-order valence-electron chi connectivity index (χ2n) is 3.71. The second kappa shape index (κ2) is 4.42.